The monoisotopic (exact) mass is 254 g/mol. The molecule has 0 spiro atoms. The summed E-state index contributed by atoms with van der Waals surface area (Å²) < 4.78 is 26.4. The van der Waals surface area contributed by atoms with Gasteiger partial charge in [0.25, 0.3) is 0 Å². The summed E-state index contributed by atoms with van der Waals surface area (Å²) in [6.07, 6.45) is 1.40. The van der Waals surface area contributed by atoms with E-state index < -0.39 is 30.0 Å². The van der Waals surface area contributed by atoms with Crippen LogP contribution in [0.2, 0.25) is 0 Å². The Hall–Kier alpha value is -2.24. The predicted molar refractivity (Wildman–Crippen MR) is 61.4 cm³/mol. The number of halogens is 2. The first-order chi connectivity index (χ1) is 8.56. The zero-order chi connectivity index (χ0) is 13.5. The van der Waals surface area contributed by atoms with Crippen molar-refractivity contribution in [1.29, 1.82) is 0 Å². The quantitative estimate of drug-likeness (QED) is 0.619. The molecule has 0 heterocycles. The van der Waals surface area contributed by atoms with Crippen LogP contribution in [0, 0.1) is 11.6 Å². The van der Waals surface area contributed by atoms with E-state index in [4.69, 9.17) is 0 Å². The molecular formula is C12H12F2N2O2. The van der Waals surface area contributed by atoms with Gasteiger partial charge in [-0.3, -0.25) is 9.59 Å². The van der Waals surface area contributed by atoms with Gasteiger partial charge in [0, 0.05) is 18.7 Å². The molecule has 96 valence electrons. The minimum absolute atomic E-state index is 0.139. The number of carbonyl (C=O) groups excluding carboxylic acids is 2. The zero-order valence-corrected chi connectivity index (χ0v) is 9.50. The Bertz CT molecular complexity index is 455. The molecule has 0 saturated heterocycles. The Labute approximate surface area is 103 Å². The normalized spacial score (nSPS) is 9.67. The van der Waals surface area contributed by atoms with E-state index >= 15 is 0 Å². The maximum atomic E-state index is 13.2. The van der Waals surface area contributed by atoms with E-state index in [2.05, 4.69) is 17.2 Å². The van der Waals surface area contributed by atoms with Crippen LogP contribution in [0.15, 0.2) is 30.9 Å². The third kappa shape index (κ3) is 3.65. The Morgan fingerprint density at radius 2 is 1.72 bits per heavy atom. The van der Waals surface area contributed by atoms with E-state index in [0.29, 0.717) is 0 Å². The summed E-state index contributed by atoms with van der Waals surface area (Å²) >= 11 is 0. The lowest BCUT2D eigenvalue weighted by Gasteiger charge is -2.07. The van der Waals surface area contributed by atoms with Crippen LogP contribution < -0.4 is 10.6 Å². The number of carbonyl (C=O) groups is 2. The molecule has 0 aliphatic heterocycles. The Kier molecular flexibility index (Phi) is 4.98. The third-order valence-electron chi connectivity index (χ3n) is 2.10. The van der Waals surface area contributed by atoms with Gasteiger partial charge in [-0.1, -0.05) is 12.1 Å². The molecule has 0 aliphatic rings. The van der Waals surface area contributed by atoms with E-state index in [1.165, 1.54) is 12.1 Å². The van der Waals surface area contributed by atoms with Crippen molar-refractivity contribution in [3.05, 3.63) is 48.1 Å². The summed E-state index contributed by atoms with van der Waals surface area (Å²) in [5.41, 5.74) is -0.289. The molecule has 0 radical (unpaired) electrons. The SMILES string of the molecule is C=CCNC(=O)C(=O)NCc1c(F)cccc1F. The van der Waals surface area contributed by atoms with Crippen LogP contribution in [0.4, 0.5) is 8.78 Å². The fourth-order valence-corrected chi connectivity index (χ4v) is 1.20. The molecule has 0 bridgehead atoms. The van der Waals surface area contributed by atoms with Crippen LogP contribution in [0.5, 0.6) is 0 Å². The van der Waals surface area contributed by atoms with Crippen molar-refractivity contribution in [2.75, 3.05) is 6.54 Å². The second-order valence-corrected chi connectivity index (χ2v) is 3.38. The van der Waals surface area contributed by atoms with Gasteiger partial charge in [-0.2, -0.15) is 0 Å². The first kappa shape index (κ1) is 13.8. The largest absolute Gasteiger partial charge is 0.344 e. The Morgan fingerprint density at radius 3 is 2.28 bits per heavy atom. The fraction of sp³-hybridized carbons (Fsp3) is 0.167. The second kappa shape index (κ2) is 6.48. The lowest BCUT2D eigenvalue weighted by molar-refractivity contribution is -0.139. The molecule has 0 unspecified atom stereocenters. The highest BCUT2D eigenvalue weighted by molar-refractivity contribution is 6.35. The van der Waals surface area contributed by atoms with Crippen molar-refractivity contribution in [3.63, 3.8) is 0 Å². The van der Waals surface area contributed by atoms with Crippen molar-refractivity contribution < 1.29 is 18.4 Å². The van der Waals surface area contributed by atoms with Crippen molar-refractivity contribution in [3.8, 4) is 0 Å². The number of nitrogens with one attached hydrogen (secondary N) is 2. The standard InChI is InChI=1S/C12H12F2N2O2/c1-2-6-15-11(17)12(18)16-7-8-9(13)4-3-5-10(8)14/h2-5H,1,6-7H2,(H,15,17)(H,16,18). The molecule has 1 aromatic carbocycles. The summed E-state index contributed by atoms with van der Waals surface area (Å²) in [7, 11) is 0. The molecule has 6 heteroatoms. The molecule has 2 N–H and O–H groups in total. The van der Waals surface area contributed by atoms with Crippen LogP contribution >= 0.6 is 0 Å². The molecule has 18 heavy (non-hydrogen) atoms. The van der Waals surface area contributed by atoms with Crippen LogP contribution in [0.25, 0.3) is 0 Å². The lowest BCUT2D eigenvalue weighted by Crippen LogP contribution is -2.39. The minimum Gasteiger partial charge on any atom is -0.344 e. The zero-order valence-electron chi connectivity index (χ0n) is 9.50. The summed E-state index contributed by atoms with van der Waals surface area (Å²) in [5, 5.41) is 4.37. The third-order valence-corrected chi connectivity index (χ3v) is 2.10. The van der Waals surface area contributed by atoms with Crippen LogP contribution in [-0.2, 0) is 16.1 Å². The summed E-state index contributed by atoms with van der Waals surface area (Å²) in [6, 6.07) is 3.36. The van der Waals surface area contributed by atoms with Crippen molar-refractivity contribution >= 4 is 11.8 Å². The molecule has 0 fully saturated rings. The first-order valence-corrected chi connectivity index (χ1v) is 5.16. The van der Waals surface area contributed by atoms with Gasteiger partial charge in [0.2, 0.25) is 0 Å². The number of hydrogen-bond donors (Lipinski definition) is 2. The molecule has 0 saturated carbocycles. The van der Waals surface area contributed by atoms with E-state index in [-0.39, 0.29) is 12.1 Å². The van der Waals surface area contributed by atoms with Gasteiger partial charge in [0.15, 0.2) is 0 Å². The molecule has 0 atom stereocenters. The minimum atomic E-state index is -0.959. The molecule has 1 aromatic rings. The summed E-state index contributed by atoms with van der Waals surface area (Å²) in [4.78, 5) is 22.4. The molecule has 1 rings (SSSR count). The van der Waals surface area contributed by atoms with Gasteiger partial charge in [0.05, 0.1) is 0 Å². The van der Waals surface area contributed by atoms with E-state index in [9.17, 15) is 18.4 Å². The molecule has 0 aromatic heterocycles. The molecule has 0 aliphatic carbocycles. The average Bonchev–Trinajstić information content (AvgIpc) is 2.35. The predicted octanol–water partition coefficient (Wildman–Crippen LogP) is 0.883. The molecular weight excluding hydrogens is 242 g/mol. The molecule has 4 nitrogen and oxygen atoms in total. The van der Waals surface area contributed by atoms with Crippen LogP contribution in [0.3, 0.4) is 0 Å². The van der Waals surface area contributed by atoms with Crippen molar-refractivity contribution in [1.82, 2.24) is 10.6 Å². The Balaban J connectivity index is 2.57. The van der Waals surface area contributed by atoms with Gasteiger partial charge < -0.3 is 10.6 Å². The summed E-state index contributed by atoms with van der Waals surface area (Å²) in [6.45, 7) is 3.11. The van der Waals surface area contributed by atoms with E-state index in [1.54, 1.807) is 0 Å². The number of amides is 2. The summed E-state index contributed by atoms with van der Waals surface area (Å²) in [5.74, 6) is -3.39. The highest BCUT2D eigenvalue weighted by atomic mass is 19.1. The first-order valence-electron chi connectivity index (χ1n) is 5.16. The van der Waals surface area contributed by atoms with Gasteiger partial charge in [-0.25, -0.2) is 8.78 Å². The number of hydrogen-bond acceptors (Lipinski definition) is 2. The second-order valence-electron chi connectivity index (χ2n) is 3.38. The van der Waals surface area contributed by atoms with Crippen LogP contribution in [-0.4, -0.2) is 18.4 Å². The maximum Gasteiger partial charge on any atom is 0.309 e. The highest BCUT2D eigenvalue weighted by Gasteiger charge is 2.14. The fourth-order valence-electron chi connectivity index (χ4n) is 1.20. The van der Waals surface area contributed by atoms with Gasteiger partial charge in [-0.15, -0.1) is 6.58 Å². The van der Waals surface area contributed by atoms with Gasteiger partial charge in [-0.05, 0) is 12.1 Å². The van der Waals surface area contributed by atoms with E-state index in [0.717, 1.165) is 12.1 Å². The van der Waals surface area contributed by atoms with Crippen molar-refractivity contribution in [2.24, 2.45) is 0 Å². The smallest absolute Gasteiger partial charge is 0.309 e. The van der Waals surface area contributed by atoms with Gasteiger partial charge >= 0.3 is 11.8 Å². The van der Waals surface area contributed by atoms with Crippen molar-refractivity contribution in [2.45, 2.75) is 6.54 Å². The topological polar surface area (TPSA) is 58.2 Å². The molecule has 2 amide bonds. The maximum absolute atomic E-state index is 13.2. The Morgan fingerprint density at radius 1 is 1.17 bits per heavy atom. The number of benzene rings is 1. The average molecular weight is 254 g/mol. The number of rotatable bonds is 4. The highest BCUT2D eigenvalue weighted by Crippen LogP contribution is 2.11. The van der Waals surface area contributed by atoms with Crippen LogP contribution in [0.1, 0.15) is 5.56 Å². The van der Waals surface area contributed by atoms with E-state index in [1.807, 2.05) is 0 Å². The van der Waals surface area contributed by atoms with Gasteiger partial charge in [0.1, 0.15) is 11.6 Å². The lowest BCUT2D eigenvalue weighted by atomic mass is 10.2.